The van der Waals surface area contributed by atoms with E-state index in [0.717, 1.165) is 28.9 Å². The van der Waals surface area contributed by atoms with Crippen molar-refractivity contribution >= 4 is 5.57 Å². The molecule has 0 unspecified atom stereocenters. The van der Waals surface area contributed by atoms with Crippen molar-refractivity contribution < 1.29 is 9.47 Å². The van der Waals surface area contributed by atoms with E-state index in [2.05, 4.69) is 44.2 Å². The number of rotatable bonds is 9. The Kier molecular flexibility index (Phi) is 8.74. The average molecular weight is 404 g/mol. The molecule has 0 aliphatic rings. The second-order valence-corrected chi connectivity index (χ2v) is 7.93. The zero-order valence-corrected chi connectivity index (χ0v) is 19.0. The van der Waals surface area contributed by atoms with E-state index in [4.69, 9.17) is 9.47 Å². The number of benzene rings is 2. The summed E-state index contributed by atoms with van der Waals surface area (Å²) in [5.41, 5.74) is 4.65. The second kappa shape index (κ2) is 11.3. The Bertz CT molecular complexity index is 855. The van der Waals surface area contributed by atoms with Crippen LogP contribution in [-0.2, 0) is 11.2 Å². The summed E-state index contributed by atoms with van der Waals surface area (Å²) in [6, 6.07) is 18.8. The van der Waals surface area contributed by atoms with Gasteiger partial charge in [0.15, 0.2) is 0 Å². The third kappa shape index (κ3) is 6.26. The highest BCUT2D eigenvalue weighted by molar-refractivity contribution is 5.86. The van der Waals surface area contributed by atoms with E-state index < -0.39 is 0 Å². The van der Waals surface area contributed by atoms with Gasteiger partial charge in [0, 0.05) is 5.57 Å². The zero-order valence-electron chi connectivity index (χ0n) is 19.0. The molecular formula is C27H33NO2. The number of hydrogen-bond acceptors (Lipinski definition) is 3. The Morgan fingerprint density at radius 1 is 0.967 bits per heavy atom. The van der Waals surface area contributed by atoms with E-state index in [1.807, 2.05) is 58.0 Å². The first kappa shape index (κ1) is 23.3. The van der Waals surface area contributed by atoms with E-state index in [0.29, 0.717) is 23.9 Å². The fourth-order valence-electron chi connectivity index (χ4n) is 3.40. The molecule has 0 aliphatic carbocycles. The maximum absolute atomic E-state index is 10.0. The summed E-state index contributed by atoms with van der Waals surface area (Å²) in [5, 5.41) is 10.0. The number of hydrogen-bond donors (Lipinski definition) is 0. The maximum Gasteiger partial charge on any atom is 0.133 e. The molecule has 30 heavy (non-hydrogen) atoms. The van der Waals surface area contributed by atoms with Crippen LogP contribution in [-0.4, -0.2) is 12.7 Å². The van der Waals surface area contributed by atoms with Crippen LogP contribution < -0.4 is 4.74 Å². The van der Waals surface area contributed by atoms with Crippen molar-refractivity contribution in [3.05, 3.63) is 82.6 Å². The molecule has 0 saturated heterocycles. The van der Waals surface area contributed by atoms with Crippen LogP contribution in [0.25, 0.3) is 5.57 Å². The van der Waals surface area contributed by atoms with Gasteiger partial charge in [0.2, 0.25) is 0 Å². The van der Waals surface area contributed by atoms with Crippen LogP contribution >= 0.6 is 0 Å². The van der Waals surface area contributed by atoms with Crippen LogP contribution in [0.4, 0.5) is 0 Å². The minimum absolute atomic E-state index is 0.113. The number of nitrogens with zero attached hydrogens (tertiary/aromatic N) is 1. The Labute approximate surface area is 181 Å². The van der Waals surface area contributed by atoms with Gasteiger partial charge in [-0.25, -0.2) is 0 Å². The molecule has 0 heterocycles. The molecule has 0 atom stereocenters. The lowest BCUT2D eigenvalue weighted by molar-refractivity contribution is 0.239. The Morgan fingerprint density at radius 3 is 1.97 bits per heavy atom. The molecule has 2 aromatic rings. The average Bonchev–Trinajstić information content (AvgIpc) is 2.71. The molecule has 0 saturated carbocycles. The minimum Gasteiger partial charge on any atom is -0.493 e. The standard InChI is InChI=1S/C27H33NO2/c1-7-26(29-8-2)25(18-28)27(22-11-9-21(10-12-22)17-19(3)4)23-13-15-24(16-14-23)30-20(5)6/h7,9-16,19-20H,8,17H2,1-6H3/b26-7-,27-25-. The smallest absolute Gasteiger partial charge is 0.133 e. The fraction of sp³-hybridized carbons (Fsp3) is 0.370. The van der Waals surface area contributed by atoms with Crippen molar-refractivity contribution in [2.24, 2.45) is 5.92 Å². The van der Waals surface area contributed by atoms with Gasteiger partial charge < -0.3 is 9.47 Å². The van der Waals surface area contributed by atoms with Crippen molar-refractivity contribution in [2.45, 2.75) is 54.1 Å². The lowest BCUT2D eigenvalue weighted by atomic mass is 9.91. The van der Waals surface area contributed by atoms with Gasteiger partial charge in [0.05, 0.1) is 12.7 Å². The van der Waals surface area contributed by atoms with Gasteiger partial charge in [0.25, 0.3) is 0 Å². The Balaban J connectivity index is 2.60. The van der Waals surface area contributed by atoms with Crippen LogP contribution in [0.5, 0.6) is 5.75 Å². The van der Waals surface area contributed by atoms with Crippen molar-refractivity contribution in [1.29, 1.82) is 5.26 Å². The first-order valence-electron chi connectivity index (χ1n) is 10.7. The predicted octanol–water partition coefficient (Wildman–Crippen LogP) is 6.94. The monoisotopic (exact) mass is 403 g/mol. The summed E-state index contributed by atoms with van der Waals surface area (Å²) in [7, 11) is 0. The first-order chi connectivity index (χ1) is 14.4. The number of allylic oxidation sites excluding steroid dienone is 2. The van der Waals surface area contributed by atoms with E-state index >= 15 is 0 Å². The van der Waals surface area contributed by atoms with Crippen LogP contribution in [0.1, 0.15) is 58.2 Å². The second-order valence-electron chi connectivity index (χ2n) is 7.93. The molecule has 0 radical (unpaired) electrons. The first-order valence-corrected chi connectivity index (χ1v) is 10.7. The van der Waals surface area contributed by atoms with Gasteiger partial charge in [-0.1, -0.05) is 50.2 Å². The van der Waals surface area contributed by atoms with Gasteiger partial charge in [-0.3, -0.25) is 0 Å². The molecule has 3 nitrogen and oxygen atoms in total. The molecule has 158 valence electrons. The highest BCUT2D eigenvalue weighted by Gasteiger charge is 2.17. The Morgan fingerprint density at radius 2 is 1.53 bits per heavy atom. The van der Waals surface area contributed by atoms with Crippen molar-refractivity contribution in [1.82, 2.24) is 0 Å². The molecule has 0 N–H and O–H groups in total. The molecule has 0 aromatic heterocycles. The predicted molar refractivity (Wildman–Crippen MR) is 124 cm³/mol. The molecule has 0 bridgehead atoms. The van der Waals surface area contributed by atoms with E-state index in [1.165, 1.54) is 5.56 Å². The number of ether oxygens (including phenoxy) is 2. The fourth-order valence-corrected chi connectivity index (χ4v) is 3.40. The van der Waals surface area contributed by atoms with E-state index in [1.54, 1.807) is 0 Å². The summed E-state index contributed by atoms with van der Waals surface area (Å²) in [5.74, 6) is 2.01. The lowest BCUT2D eigenvalue weighted by Gasteiger charge is -2.16. The van der Waals surface area contributed by atoms with Gasteiger partial charge in [0.1, 0.15) is 23.2 Å². The third-order valence-corrected chi connectivity index (χ3v) is 4.57. The van der Waals surface area contributed by atoms with Crippen molar-refractivity contribution in [3.8, 4) is 11.8 Å². The molecule has 0 fully saturated rings. The summed E-state index contributed by atoms with van der Waals surface area (Å²) in [6.45, 7) is 12.8. The summed E-state index contributed by atoms with van der Waals surface area (Å²) in [6.07, 6.45) is 3.00. The zero-order chi connectivity index (χ0) is 22.1. The topological polar surface area (TPSA) is 42.2 Å². The maximum atomic E-state index is 10.0. The lowest BCUT2D eigenvalue weighted by Crippen LogP contribution is -2.05. The molecule has 0 amide bonds. The quantitative estimate of drug-likeness (QED) is 0.259. The van der Waals surface area contributed by atoms with E-state index in [-0.39, 0.29) is 6.10 Å². The van der Waals surface area contributed by atoms with E-state index in [9.17, 15) is 5.26 Å². The van der Waals surface area contributed by atoms with Gasteiger partial charge in [-0.05, 0) is 74.9 Å². The normalized spacial score (nSPS) is 12.6. The number of nitriles is 1. The van der Waals surface area contributed by atoms with Crippen LogP contribution in [0.15, 0.2) is 65.9 Å². The molecule has 0 spiro atoms. The molecule has 3 heteroatoms. The molecule has 2 aromatic carbocycles. The minimum atomic E-state index is 0.113. The summed E-state index contributed by atoms with van der Waals surface area (Å²) >= 11 is 0. The molecular weight excluding hydrogens is 370 g/mol. The highest BCUT2D eigenvalue weighted by Crippen LogP contribution is 2.32. The summed E-state index contributed by atoms with van der Waals surface area (Å²) < 4.78 is 11.6. The van der Waals surface area contributed by atoms with Gasteiger partial charge in [-0.2, -0.15) is 5.26 Å². The molecule has 0 aliphatic heterocycles. The van der Waals surface area contributed by atoms with Gasteiger partial charge >= 0.3 is 0 Å². The highest BCUT2D eigenvalue weighted by atomic mass is 16.5. The third-order valence-electron chi connectivity index (χ3n) is 4.57. The largest absolute Gasteiger partial charge is 0.493 e. The summed E-state index contributed by atoms with van der Waals surface area (Å²) in [4.78, 5) is 0. The molecule has 2 rings (SSSR count). The van der Waals surface area contributed by atoms with Crippen LogP contribution in [0.3, 0.4) is 0 Å². The van der Waals surface area contributed by atoms with Crippen LogP contribution in [0.2, 0.25) is 0 Å². The van der Waals surface area contributed by atoms with Crippen LogP contribution in [0, 0.1) is 17.2 Å². The van der Waals surface area contributed by atoms with Gasteiger partial charge in [-0.15, -0.1) is 0 Å². The SMILES string of the molecule is C/C=C(OCC)/C(C#N)=C(/c1ccc(CC(C)C)cc1)c1ccc(OC(C)C)cc1. The Hall–Kier alpha value is -2.99. The van der Waals surface area contributed by atoms with Crippen molar-refractivity contribution in [2.75, 3.05) is 6.61 Å². The van der Waals surface area contributed by atoms with Crippen molar-refractivity contribution in [3.63, 3.8) is 0 Å².